The Kier molecular flexibility index (Phi) is 5.60. The van der Waals surface area contributed by atoms with Gasteiger partial charge in [-0.05, 0) is 32.4 Å². The molecule has 24 heavy (non-hydrogen) atoms. The third kappa shape index (κ3) is 4.20. The van der Waals surface area contributed by atoms with Crippen LogP contribution < -0.4 is 4.90 Å². The molecule has 0 aromatic carbocycles. The molecule has 0 saturated carbocycles. The number of hydrogen-bond donors (Lipinski definition) is 0. The second-order valence-electron chi connectivity index (χ2n) is 6.84. The van der Waals surface area contributed by atoms with Gasteiger partial charge in [-0.25, -0.2) is 14.4 Å². The zero-order valence-corrected chi connectivity index (χ0v) is 14.3. The molecule has 1 aromatic heterocycles. The van der Waals surface area contributed by atoms with Crippen LogP contribution in [-0.2, 0) is 4.79 Å². The van der Waals surface area contributed by atoms with Gasteiger partial charge in [0.25, 0.3) is 0 Å². The van der Waals surface area contributed by atoms with Gasteiger partial charge in [-0.1, -0.05) is 0 Å². The van der Waals surface area contributed by atoms with Gasteiger partial charge in [0.1, 0.15) is 18.3 Å². The normalized spacial score (nSPS) is 24.6. The average molecular weight is 335 g/mol. The highest BCUT2D eigenvalue weighted by Crippen LogP contribution is 2.25. The molecule has 0 unspecified atom stereocenters. The van der Waals surface area contributed by atoms with Crippen molar-refractivity contribution >= 4 is 11.7 Å². The van der Waals surface area contributed by atoms with E-state index in [-0.39, 0.29) is 11.9 Å². The Bertz CT molecular complexity index is 537. The molecule has 0 N–H and O–H groups in total. The van der Waals surface area contributed by atoms with Crippen LogP contribution in [0.3, 0.4) is 0 Å². The summed E-state index contributed by atoms with van der Waals surface area (Å²) in [4.78, 5) is 26.5. The first-order valence-electron chi connectivity index (χ1n) is 8.76. The summed E-state index contributed by atoms with van der Waals surface area (Å²) < 4.78 is 13.9. The van der Waals surface area contributed by atoms with Gasteiger partial charge in [0.15, 0.2) is 0 Å². The van der Waals surface area contributed by atoms with Crippen LogP contribution in [0.4, 0.5) is 10.2 Å². The first-order valence-corrected chi connectivity index (χ1v) is 8.76. The first-order chi connectivity index (χ1) is 11.6. The molecule has 2 aliphatic heterocycles. The Hall–Kier alpha value is -1.76. The molecule has 6 nitrogen and oxygen atoms in total. The van der Waals surface area contributed by atoms with Gasteiger partial charge in [0, 0.05) is 38.3 Å². The SMILES string of the molecule is CN(CC(=O)N1CCCCC1)C[C@@H]1C[C@H](F)CN1c1ccncn1. The molecule has 1 amide bonds. The van der Waals surface area contributed by atoms with Crippen molar-refractivity contribution in [3.05, 3.63) is 18.6 Å². The Morgan fingerprint density at radius 2 is 2.17 bits per heavy atom. The first kappa shape index (κ1) is 17.1. The van der Waals surface area contributed by atoms with Crippen LogP contribution in [0.1, 0.15) is 25.7 Å². The number of halogens is 1. The number of likely N-dealkylation sites (tertiary alicyclic amines) is 1. The quantitative estimate of drug-likeness (QED) is 0.813. The average Bonchev–Trinajstić information content (AvgIpc) is 2.96. The lowest BCUT2D eigenvalue weighted by atomic mass is 10.1. The largest absolute Gasteiger partial charge is 0.349 e. The van der Waals surface area contributed by atoms with E-state index in [1.54, 1.807) is 6.20 Å². The van der Waals surface area contributed by atoms with Crippen LogP contribution in [-0.4, -0.2) is 77.7 Å². The van der Waals surface area contributed by atoms with E-state index in [9.17, 15) is 9.18 Å². The summed E-state index contributed by atoms with van der Waals surface area (Å²) in [5, 5.41) is 0. The molecule has 0 radical (unpaired) electrons. The van der Waals surface area contributed by atoms with Crippen molar-refractivity contribution in [2.75, 3.05) is 44.7 Å². The molecule has 2 fully saturated rings. The van der Waals surface area contributed by atoms with Crippen molar-refractivity contribution in [1.82, 2.24) is 19.8 Å². The Labute approximate surface area is 142 Å². The summed E-state index contributed by atoms with van der Waals surface area (Å²) in [7, 11) is 1.94. The van der Waals surface area contributed by atoms with E-state index < -0.39 is 6.17 Å². The van der Waals surface area contributed by atoms with Crippen molar-refractivity contribution in [3.63, 3.8) is 0 Å². The van der Waals surface area contributed by atoms with Gasteiger partial charge in [-0.3, -0.25) is 9.69 Å². The molecule has 3 heterocycles. The van der Waals surface area contributed by atoms with Crippen molar-refractivity contribution < 1.29 is 9.18 Å². The highest BCUT2D eigenvalue weighted by molar-refractivity contribution is 5.78. The maximum absolute atomic E-state index is 13.9. The lowest BCUT2D eigenvalue weighted by Gasteiger charge is -2.31. The van der Waals surface area contributed by atoms with Gasteiger partial charge < -0.3 is 9.80 Å². The minimum atomic E-state index is -0.851. The van der Waals surface area contributed by atoms with Crippen LogP contribution in [0.2, 0.25) is 0 Å². The van der Waals surface area contributed by atoms with E-state index >= 15 is 0 Å². The molecule has 2 saturated heterocycles. The molecule has 0 bridgehead atoms. The monoisotopic (exact) mass is 335 g/mol. The van der Waals surface area contributed by atoms with Crippen LogP contribution >= 0.6 is 0 Å². The van der Waals surface area contributed by atoms with Crippen LogP contribution in [0, 0.1) is 0 Å². The molecule has 2 atom stereocenters. The summed E-state index contributed by atoms with van der Waals surface area (Å²) in [5.41, 5.74) is 0. The highest BCUT2D eigenvalue weighted by atomic mass is 19.1. The maximum atomic E-state index is 13.9. The molecule has 3 rings (SSSR count). The summed E-state index contributed by atoms with van der Waals surface area (Å²) in [5.74, 6) is 0.937. The topological polar surface area (TPSA) is 52.6 Å². The number of rotatable bonds is 5. The number of likely N-dealkylation sites (N-methyl/N-ethyl adjacent to an activating group) is 1. The summed E-state index contributed by atoms with van der Waals surface area (Å²) >= 11 is 0. The number of carbonyl (C=O) groups excluding carboxylic acids is 1. The van der Waals surface area contributed by atoms with Gasteiger partial charge >= 0.3 is 0 Å². The summed E-state index contributed by atoms with van der Waals surface area (Å²) in [6.07, 6.45) is 6.21. The fraction of sp³-hybridized carbons (Fsp3) is 0.706. The third-order valence-corrected chi connectivity index (χ3v) is 4.86. The fourth-order valence-corrected chi connectivity index (χ4v) is 3.67. The second kappa shape index (κ2) is 7.88. The molecule has 132 valence electrons. The van der Waals surface area contributed by atoms with E-state index in [0.29, 0.717) is 26.1 Å². The lowest BCUT2D eigenvalue weighted by Crippen LogP contribution is -2.45. The number of carbonyl (C=O) groups is 1. The van der Waals surface area contributed by atoms with Gasteiger partial charge in [-0.2, -0.15) is 0 Å². The zero-order valence-electron chi connectivity index (χ0n) is 14.3. The van der Waals surface area contributed by atoms with E-state index in [4.69, 9.17) is 0 Å². The van der Waals surface area contributed by atoms with Crippen molar-refractivity contribution in [3.8, 4) is 0 Å². The van der Waals surface area contributed by atoms with Crippen LogP contribution in [0.5, 0.6) is 0 Å². The maximum Gasteiger partial charge on any atom is 0.236 e. The molecule has 0 spiro atoms. The predicted octanol–water partition coefficient (Wildman–Crippen LogP) is 1.34. The number of hydrogen-bond acceptors (Lipinski definition) is 5. The van der Waals surface area contributed by atoms with E-state index in [1.807, 2.05) is 27.8 Å². The lowest BCUT2D eigenvalue weighted by molar-refractivity contribution is -0.133. The molecular formula is C17H26FN5O. The standard InChI is InChI=1S/C17H26FN5O/c1-21(12-17(24)22-7-3-2-4-8-22)11-15-9-14(18)10-23(15)16-5-6-19-13-20-16/h5-6,13-15H,2-4,7-12H2,1H3/t14-,15-/m0/s1. The molecule has 1 aromatic rings. The van der Waals surface area contributed by atoms with Gasteiger partial charge in [-0.15, -0.1) is 0 Å². The summed E-state index contributed by atoms with van der Waals surface area (Å²) in [6.45, 7) is 3.15. The number of nitrogens with zero attached hydrogens (tertiary/aromatic N) is 5. The fourth-order valence-electron chi connectivity index (χ4n) is 3.67. The highest BCUT2D eigenvalue weighted by Gasteiger charge is 2.34. The number of piperidine rings is 1. The van der Waals surface area contributed by atoms with Crippen molar-refractivity contribution in [2.45, 2.75) is 37.9 Å². The third-order valence-electron chi connectivity index (χ3n) is 4.86. The second-order valence-corrected chi connectivity index (χ2v) is 6.84. The predicted molar refractivity (Wildman–Crippen MR) is 90.6 cm³/mol. The zero-order chi connectivity index (χ0) is 16.9. The van der Waals surface area contributed by atoms with Gasteiger partial charge in [0.2, 0.25) is 5.91 Å². The number of amides is 1. The minimum Gasteiger partial charge on any atom is -0.349 e. The molecule has 2 aliphatic rings. The summed E-state index contributed by atoms with van der Waals surface area (Å²) in [6, 6.07) is 1.85. The Morgan fingerprint density at radius 1 is 1.38 bits per heavy atom. The van der Waals surface area contributed by atoms with Crippen LogP contribution in [0.15, 0.2) is 18.6 Å². The van der Waals surface area contributed by atoms with Crippen molar-refractivity contribution in [2.24, 2.45) is 0 Å². The number of alkyl halides is 1. The van der Waals surface area contributed by atoms with E-state index in [0.717, 1.165) is 31.7 Å². The van der Waals surface area contributed by atoms with Crippen molar-refractivity contribution in [1.29, 1.82) is 0 Å². The number of aromatic nitrogens is 2. The van der Waals surface area contributed by atoms with Gasteiger partial charge in [0.05, 0.1) is 13.1 Å². The molecule has 0 aliphatic carbocycles. The molecule has 7 heteroatoms. The van der Waals surface area contributed by atoms with Crippen LogP contribution in [0.25, 0.3) is 0 Å². The Morgan fingerprint density at radius 3 is 2.88 bits per heavy atom. The van der Waals surface area contributed by atoms with E-state index in [1.165, 1.54) is 12.7 Å². The number of anilines is 1. The smallest absolute Gasteiger partial charge is 0.236 e. The van der Waals surface area contributed by atoms with E-state index in [2.05, 4.69) is 9.97 Å². The minimum absolute atomic E-state index is 0.0362. The Balaban J connectivity index is 1.56. The molecular weight excluding hydrogens is 309 g/mol.